The zero-order chi connectivity index (χ0) is 19.8. The lowest BCUT2D eigenvalue weighted by Gasteiger charge is -2.08. The van der Waals surface area contributed by atoms with Gasteiger partial charge < -0.3 is 10.2 Å². The molecule has 0 aromatic heterocycles. The molecular weight excluding hydrogens is 339 g/mol. The lowest BCUT2D eigenvalue weighted by atomic mass is 10.0. The van der Waals surface area contributed by atoms with E-state index >= 15 is 0 Å². The minimum atomic E-state index is -0.281. The fourth-order valence-corrected chi connectivity index (χ4v) is 2.70. The second-order valence-electron chi connectivity index (χ2n) is 7.00. The van der Waals surface area contributed by atoms with Crippen LogP contribution in [0.15, 0.2) is 59.7 Å². The van der Waals surface area contributed by atoms with E-state index in [4.69, 9.17) is 0 Å². The predicted molar refractivity (Wildman–Crippen MR) is 111 cm³/mol. The molecule has 0 heterocycles. The molecule has 0 atom stereocenters. The summed E-state index contributed by atoms with van der Waals surface area (Å²) < 4.78 is 12.9. The van der Waals surface area contributed by atoms with E-state index in [0.29, 0.717) is 17.5 Å². The maximum Gasteiger partial charge on any atom is 0.123 e. The SMILES string of the molecule is CC(C)=CCCC(C)=CCc1c(O)cc(C=Cc2ccc(F)cc2)cc1O. The fourth-order valence-electron chi connectivity index (χ4n) is 2.70. The van der Waals surface area contributed by atoms with Gasteiger partial charge in [0.05, 0.1) is 0 Å². The second kappa shape index (κ2) is 9.77. The highest BCUT2D eigenvalue weighted by molar-refractivity contribution is 5.71. The van der Waals surface area contributed by atoms with Gasteiger partial charge >= 0.3 is 0 Å². The molecule has 27 heavy (non-hydrogen) atoms. The average Bonchev–Trinajstić information content (AvgIpc) is 2.60. The Morgan fingerprint density at radius 2 is 1.48 bits per heavy atom. The molecule has 142 valence electrons. The number of hydrogen-bond acceptors (Lipinski definition) is 2. The molecule has 0 aliphatic heterocycles. The highest BCUT2D eigenvalue weighted by Crippen LogP contribution is 2.31. The largest absolute Gasteiger partial charge is 0.507 e. The van der Waals surface area contributed by atoms with Crippen molar-refractivity contribution >= 4 is 12.2 Å². The van der Waals surface area contributed by atoms with Crippen molar-refractivity contribution < 1.29 is 14.6 Å². The molecular formula is C24H27FO2. The Kier molecular flexibility index (Phi) is 7.42. The summed E-state index contributed by atoms with van der Waals surface area (Å²) in [6, 6.07) is 9.38. The third-order valence-corrected chi connectivity index (χ3v) is 4.31. The van der Waals surface area contributed by atoms with Gasteiger partial charge in [-0.05, 0) is 75.4 Å². The topological polar surface area (TPSA) is 40.5 Å². The van der Waals surface area contributed by atoms with Crippen LogP contribution >= 0.6 is 0 Å². The molecule has 3 heteroatoms. The normalized spacial score (nSPS) is 11.8. The van der Waals surface area contributed by atoms with Gasteiger partial charge in [0, 0.05) is 5.56 Å². The van der Waals surface area contributed by atoms with Gasteiger partial charge in [-0.15, -0.1) is 0 Å². The molecule has 0 aliphatic carbocycles. The summed E-state index contributed by atoms with van der Waals surface area (Å²) in [4.78, 5) is 0. The number of benzene rings is 2. The van der Waals surface area contributed by atoms with Crippen molar-refractivity contribution in [3.63, 3.8) is 0 Å². The number of allylic oxidation sites excluding steroid dienone is 4. The summed E-state index contributed by atoms with van der Waals surface area (Å²) in [5.41, 5.74) is 4.58. The molecule has 0 radical (unpaired) electrons. The maximum atomic E-state index is 12.9. The minimum Gasteiger partial charge on any atom is -0.507 e. The Bertz CT molecular complexity index is 831. The van der Waals surface area contributed by atoms with E-state index < -0.39 is 0 Å². The molecule has 2 aromatic rings. The van der Waals surface area contributed by atoms with E-state index in [0.717, 1.165) is 18.4 Å². The first-order chi connectivity index (χ1) is 12.8. The number of phenols is 2. The second-order valence-corrected chi connectivity index (χ2v) is 7.00. The lowest BCUT2D eigenvalue weighted by Crippen LogP contribution is -1.88. The van der Waals surface area contributed by atoms with Crippen molar-refractivity contribution in [3.05, 3.63) is 82.2 Å². The van der Waals surface area contributed by atoms with Crippen molar-refractivity contribution in [3.8, 4) is 11.5 Å². The van der Waals surface area contributed by atoms with Gasteiger partial charge in [0.2, 0.25) is 0 Å². The Hall–Kier alpha value is -2.81. The first-order valence-corrected chi connectivity index (χ1v) is 9.12. The quantitative estimate of drug-likeness (QED) is 0.426. The third kappa shape index (κ3) is 6.78. The summed E-state index contributed by atoms with van der Waals surface area (Å²) in [5.74, 6) is -0.139. The molecule has 2 N–H and O–H groups in total. The maximum absolute atomic E-state index is 12.9. The summed E-state index contributed by atoms with van der Waals surface area (Å²) >= 11 is 0. The van der Waals surface area contributed by atoms with Crippen molar-refractivity contribution in [2.45, 2.75) is 40.0 Å². The van der Waals surface area contributed by atoms with Crippen LogP contribution in [0.1, 0.15) is 50.3 Å². The van der Waals surface area contributed by atoms with Crippen LogP contribution < -0.4 is 0 Å². The summed E-state index contributed by atoms with van der Waals surface area (Å²) in [5, 5.41) is 20.6. The number of rotatable bonds is 7. The van der Waals surface area contributed by atoms with Gasteiger partial charge in [0.1, 0.15) is 17.3 Å². The van der Waals surface area contributed by atoms with Crippen LogP contribution in [0.4, 0.5) is 4.39 Å². The number of aromatic hydroxyl groups is 2. The van der Waals surface area contributed by atoms with Gasteiger partial charge in [0.15, 0.2) is 0 Å². The molecule has 0 spiro atoms. The zero-order valence-electron chi connectivity index (χ0n) is 16.2. The molecule has 0 aliphatic rings. The third-order valence-electron chi connectivity index (χ3n) is 4.31. The van der Waals surface area contributed by atoms with Crippen LogP contribution in [0.25, 0.3) is 12.2 Å². The highest BCUT2D eigenvalue weighted by atomic mass is 19.1. The van der Waals surface area contributed by atoms with E-state index in [-0.39, 0.29) is 17.3 Å². The Morgan fingerprint density at radius 1 is 0.889 bits per heavy atom. The molecule has 0 bridgehead atoms. The van der Waals surface area contributed by atoms with Gasteiger partial charge in [-0.2, -0.15) is 0 Å². The van der Waals surface area contributed by atoms with E-state index in [2.05, 4.69) is 26.8 Å². The van der Waals surface area contributed by atoms with Crippen molar-refractivity contribution in [2.24, 2.45) is 0 Å². The van der Waals surface area contributed by atoms with Crippen LogP contribution in [-0.2, 0) is 6.42 Å². The van der Waals surface area contributed by atoms with E-state index in [1.807, 2.05) is 6.08 Å². The summed E-state index contributed by atoms with van der Waals surface area (Å²) in [6.07, 6.45) is 10.3. The molecule has 0 amide bonds. The molecule has 0 fully saturated rings. The average molecular weight is 366 g/mol. The number of phenolic OH excluding ortho intramolecular Hbond substituents is 2. The molecule has 2 aromatic carbocycles. The first-order valence-electron chi connectivity index (χ1n) is 9.12. The molecule has 0 unspecified atom stereocenters. The number of halogens is 1. The van der Waals surface area contributed by atoms with Crippen LogP contribution in [-0.4, -0.2) is 10.2 Å². The molecule has 0 saturated heterocycles. The van der Waals surface area contributed by atoms with Gasteiger partial charge in [-0.1, -0.05) is 47.6 Å². The number of hydrogen-bond donors (Lipinski definition) is 2. The van der Waals surface area contributed by atoms with Crippen LogP contribution in [0.2, 0.25) is 0 Å². The predicted octanol–water partition coefficient (Wildman–Crippen LogP) is 6.64. The van der Waals surface area contributed by atoms with Crippen LogP contribution in [0, 0.1) is 5.82 Å². The molecule has 0 saturated carbocycles. The van der Waals surface area contributed by atoms with Crippen LogP contribution in [0.5, 0.6) is 11.5 Å². The Balaban J connectivity index is 2.07. The monoisotopic (exact) mass is 366 g/mol. The zero-order valence-corrected chi connectivity index (χ0v) is 16.2. The van der Waals surface area contributed by atoms with Crippen LogP contribution in [0.3, 0.4) is 0 Å². The molecule has 2 nitrogen and oxygen atoms in total. The van der Waals surface area contributed by atoms with Crippen molar-refractivity contribution in [2.75, 3.05) is 0 Å². The van der Waals surface area contributed by atoms with Crippen molar-refractivity contribution in [1.82, 2.24) is 0 Å². The summed E-state index contributed by atoms with van der Waals surface area (Å²) in [7, 11) is 0. The van der Waals surface area contributed by atoms with Crippen molar-refractivity contribution in [1.29, 1.82) is 0 Å². The van der Waals surface area contributed by atoms with Gasteiger partial charge in [0.25, 0.3) is 0 Å². The Labute approximate surface area is 161 Å². The van der Waals surface area contributed by atoms with E-state index in [1.54, 1.807) is 36.4 Å². The standard InChI is InChI=1S/C24H27FO2/c1-17(2)5-4-6-18(3)7-14-22-23(26)15-20(16-24(22)27)9-8-19-10-12-21(25)13-11-19/h5,7-13,15-16,26-27H,4,6,14H2,1-3H3. The minimum absolute atomic E-state index is 0.0714. The summed E-state index contributed by atoms with van der Waals surface area (Å²) in [6.45, 7) is 6.23. The highest BCUT2D eigenvalue weighted by Gasteiger charge is 2.08. The van der Waals surface area contributed by atoms with Gasteiger partial charge in [-0.25, -0.2) is 4.39 Å². The smallest absolute Gasteiger partial charge is 0.123 e. The van der Waals surface area contributed by atoms with E-state index in [9.17, 15) is 14.6 Å². The first kappa shape index (κ1) is 20.5. The Morgan fingerprint density at radius 3 is 2.07 bits per heavy atom. The molecule has 2 rings (SSSR count). The van der Waals surface area contributed by atoms with Gasteiger partial charge in [-0.3, -0.25) is 0 Å². The fraction of sp³-hybridized carbons (Fsp3) is 0.250. The lowest BCUT2D eigenvalue weighted by molar-refractivity contribution is 0.440. The van der Waals surface area contributed by atoms with E-state index in [1.165, 1.54) is 23.3 Å².